The first-order valence-corrected chi connectivity index (χ1v) is 39.8. The van der Waals surface area contributed by atoms with Crippen LogP contribution in [0.5, 0.6) is 23.0 Å². The Morgan fingerprint density at radius 3 is 1.12 bits per heavy atom. The van der Waals surface area contributed by atoms with Crippen molar-refractivity contribution in [3.05, 3.63) is 288 Å². The standard InChI is InChI=1S/C44H48FN5O6Si.C38H34FN5O6.C4H8O/c1-43(2,3)57(6,7)54-26-35-36(45)38(42(55-35)50-28-48-37-39(46-27-47-40(37)50)49-41(51)29-14-10-8-11-15-29)56-44(30-16-12-9-13-17-30,31-18-22-33(52-4)23-19-31)32-20-24-34(53-5)25-21-32;1-47-28-17-13-26(14-18-28)38(25-11-7-4-8-12-25,27-15-19-29(48-2)20-16-27)50-33-31(39)30(21-45)49-37(33)44-23-42-32-34(40-22-41-35(32)44)43-36(46)24-9-5-3-6-10-24;1-2-4-5-3-1/h8-25,27-28,35-36,38,42H,26H2,1-7H3,(H,46,47,49,51);3-20,22-23,30-31,33,37,45H,21H2,1-2H3,(H,40,41,43,46);1-4H2/t35-,36+,38-,42-;30-,31+,33-,37-;/m11./s1. The largest absolute Gasteiger partial charge is 0.497 e. The van der Waals surface area contributed by atoms with Crippen LogP contribution in [0, 0.1) is 0 Å². The molecule has 0 spiro atoms. The third-order valence-corrected chi connectivity index (χ3v) is 25.2. The summed E-state index contributed by atoms with van der Waals surface area (Å²) in [6, 6.07) is 66.6. The lowest BCUT2D eigenvalue weighted by atomic mass is 9.79. The molecule has 580 valence electrons. The number of rotatable bonds is 24. The van der Waals surface area contributed by atoms with Gasteiger partial charge in [-0.15, -0.1) is 0 Å². The summed E-state index contributed by atoms with van der Waals surface area (Å²) < 4.78 is 98.4. The molecule has 12 aromatic rings. The molecule has 2 amide bonds. The zero-order valence-electron chi connectivity index (χ0n) is 63.6. The summed E-state index contributed by atoms with van der Waals surface area (Å²) in [6.45, 7) is 12.1. The smallest absolute Gasteiger partial charge is 0.256 e. The maximum atomic E-state index is 17.6. The number of aromatic nitrogens is 8. The molecule has 7 heterocycles. The molecule has 26 heteroatoms. The van der Waals surface area contributed by atoms with E-state index in [9.17, 15) is 14.7 Å². The van der Waals surface area contributed by atoms with Crippen molar-refractivity contribution in [1.29, 1.82) is 0 Å². The van der Waals surface area contributed by atoms with Gasteiger partial charge in [-0.2, -0.15) is 0 Å². The number of alkyl halides is 2. The molecular formula is C86H90F2N10O13Si. The molecule has 0 aliphatic carbocycles. The van der Waals surface area contributed by atoms with Crippen LogP contribution in [0.4, 0.5) is 20.4 Å². The van der Waals surface area contributed by atoms with Gasteiger partial charge in [-0.05, 0) is 137 Å². The SMILES string of the molecule is C1CCOC1.COc1ccc(C(O[C@@H]2[C@@H](F)[C@@H](CO)O[C@H]2n2cnc3c(NC(=O)c4ccccc4)ncnc32)(c2ccccc2)c2ccc(OC)cc2)cc1.COc1ccc(C(O[C@@H]2[C@@H](F)[C@@H](CO[Si](C)(C)C(C)(C)C)O[C@H]2n2cnc3c(NC(=O)c4ccccc4)ncnc32)(c2ccccc2)c2ccc(OC)cc2)cc1. The summed E-state index contributed by atoms with van der Waals surface area (Å²) in [7, 11) is 4.06. The van der Waals surface area contributed by atoms with Crippen LogP contribution in [0.15, 0.2) is 244 Å². The number of aliphatic hydroxyl groups is 1. The summed E-state index contributed by atoms with van der Waals surface area (Å²) in [5.41, 5.74) is 3.63. The van der Waals surface area contributed by atoms with Crippen LogP contribution in [0.25, 0.3) is 22.3 Å². The lowest BCUT2D eigenvalue weighted by Crippen LogP contribution is -2.45. The number of imidazole rings is 2. The molecule has 3 N–H and O–H groups in total. The zero-order valence-corrected chi connectivity index (χ0v) is 64.6. The minimum Gasteiger partial charge on any atom is -0.497 e. The third-order valence-electron chi connectivity index (χ3n) is 20.7. The predicted molar refractivity (Wildman–Crippen MR) is 422 cm³/mol. The number of aliphatic hydroxyl groups excluding tert-OH is 1. The second-order valence-electron chi connectivity index (χ2n) is 28.5. The van der Waals surface area contributed by atoms with Gasteiger partial charge < -0.3 is 62.8 Å². The number of carbonyl (C=O) groups is 2. The Labute approximate surface area is 649 Å². The molecule has 15 rings (SSSR count). The molecule has 4 aromatic heterocycles. The summed E-state index contributed by atoms with van der Waals surface area (Å²) in [6.07, 6.45) is -2.30. The van der Waals surface area contributed by atoms with Gasteiger partial charge in [0, 0.05) is 24.3 Å². The van der Waals surface area contributed by atoms with Crippen molar-refractivity contribution < 1.29 is 70.5 Å². The average Bonchev–Trinajstić information content (AvgIpc) is 1.47. The van der Waals surface area contributed by atoms with E-state index in [1.807, 2.05) is 170 Å². The average molecular weight is 1540 g/mol. The first kappa shape index (κ1) is 78.9. The van der Waals surface area contributed by atoms with Crippen LogP contribution in [0.1, 0.15) is 100 Å². The van der Waals surface area contributed by atoms with Gasteiger partial charge in [-0.1, -0.05) is 166 Å². The van der Waals surface area contributed by atoms with Crippen molar-refractivity contribution >= 4 is 54.1 Å². The first-order valence-electron chi connectivity index (χ1n) is 36.9. The lowest BCUT2D eigenvalue weighted by Gasteiger charge is -2.39. The van der Waals surface area contributed by atoms with Crippen LogP contribution >= 0.6 is 0 Å². The number of hydrogen-bond acceptors (Lipinski definition) is 19. The number of methoxy groups -OCH3 is 4. The van der Waals surface area contributed by atoms with Crippen LogP contribution in [0.3, 0.4) is 0 Å². The van der Waals surface area contributed by atoms with E-state index in [1.165, 1.54) is 38.2 Å². The van der Waals surface area contributed by atoms with Crippen LogP contribution in [-0.2, 0) is 39.3 Å². The monoisotopic (exact) mass is 1540 g/mol. The Balaban J connectivity index is 0.000000186. The van der Waals surface area contributed by atoms with Gasteiger partial charge in [-0.25, -0.2) is 38.7 Å². The van der Waals surface area contributed by atoms with E-state index < -0.39 is 75.3 Å². The van der Waals surface area contributed by atoms with E-state index >= 15 is 8.78 Å². The Morgan fingerprint density at radius 1 is 0.473 bits per heavy atom. The maximum absolute atomic E-state index is 17.6. The molecule has 3 saturated heterocycles. The predicted octanol–water partition coefficient (Wildman–Crippen LogP) is 15.2. The van der Waals surface area contributed by atoms with Crippen molar-refractivity contribution in [2.24, 2.45) is 0 Å². The van der Waals surface area contributed by atoms with Crippen molar-refractivity contribution in [2.45, 2.75) is 112 Å². The lowest BCUT2D eigenvalue weighted by molar-refractivity contribution is -0.115. The van der Waals surface area contributed by atoms with Crippen molar-refractivity contribution in [2.75, 3.05) is 65.5 Å². The molecule has 3 fully saturated rings. The van der Waals surface area contributed by atoms with Gasteiger partial charge in [0.1, 0.15) is 71.3 Å². The molecule has 8 atom stereocenters. The Bertz CT molecular complexity index is 4970. The Hall–Kier alpha value is -11.2. The van der Waals surface area contributed by atoms with E-state index in [-0.39, 0.29) is 46.3 Å². The summed E-state index contributed by atoms with van der Waals surface area (Å²) in [5, 5.41) is 15.8. The van der Waals surface area contributed by atoms with Gasteiger partial charge in [0.15, 0.2) is 67.1 Å². The highest BCUT2D eigenvalue weighted by Gasteiger charge is 2.55. The van der Waals surface area contributed by atoms with Crippen molar-refractivity contribution in [3.63, 3.8) is 0 Å². The van der Waals surface area contributed by atoms with Gasteiger partial charge in [0.25, 0.3) is 11.8 Å². The Kier molecular flexibility index (Phi) is 24.7. The topological polar surface area (TPSA) is 258 Å². The second-order valence-corrected chi connectivity index (χ2v) is 33.3. The van der Waals surface area contributed by atoms with Gasteiger partial charge in [0.2, 0.25) is 0 Å². The molecular weight excluding hydrogens is 1450 g/mol. The molecule has 0 bridgehead atoms. The fraction of sp³-hybridized carbons (Fsp3) is 0.302. The van der Waals surface area contributed by atoms with E-state index in [0.29, 0.717) is 56.4 Å². The second kappa shape index (κ2) is 35.0. The minimum absolute atomic E-state index is 0.0113. The third kappa shape index (κ3) is 16.6. The van der Waals surface area contributed by atoms with Crippen LogP contribution in [-0.4, -0.2) is 156 Å². The number of nitrogens with one attached hydrogen (secondary N) is 2. The number of benzene rings is 8. The molecule has 0 saturated carbocycles. The number of hydrogen-bond donors (Lipinski definition) is 3. The van der Waals surface area contributed by atoms with E-state index in [1.54, 1.807) is 86.1 Å². The van der Waals surface area contributed by atoms with Gasteiger partial charge in [-0.3, -0.25) is 18.7 Å². The number of carbonyl (C=O) groups excluding carboxylic acids is 2. The Morgan fingerprint density at radius 2 is 0.804 bits per heavy atom. The van der Waals surface area contributed by atoms with E-state index in [2.05, 4.69) is 74.4 Å². The zero-order chi connectivity index (χ0) is 78.6. The number of fused-ring (bicyclic) bond motifs is 2. The molecule has 23 nitrogen and oxygen atoms in total. The highest BCUT2D eigenvalue weighted by atomic mass is 28.4. The molecule has 3 aliphatic heterocycles. The quantitative estimate of drug-likeness (QED) is 0.0375. The minimum atomic E-state index is -2.32. The summed E-state index contributed by atoms with van der Waals surface area (Å²) >= 11 is 0. The van der Waals surface area contributed by atoms with E-state index in [4.69, 9.17) is 47.1 Å². The summed E-state index contributed by atoms with van der Waals surface area (Å²) in [5.74, 6) is 2.21. The highest BCUT2D eigenvalue weighted by molar-refractivity contribution is 6.74. The number of ether oxygens (including phenoxy) is 9. The van der Waals surface area contributed by atoms with E-state index in [0.717, 1.165) is 35.5 Å². The molecule has 3 aliphatic rings. The normalized spacial score (nSPS) is 19.1. The number of nitrogens with zero attached hydrogens (tertiary/aromatic N) is 8. The number of amides is 2. The first-order chi connectivity index (χ1) is 54.3. The van der Waals surface area contributed by atoms with Gasteiger partial charge >= 0.3 is 0 Å². The van der Waals surface area contributed by atoms with Crippen molar-refractivity contribution in [3.8, 4) is 23.0 Å². The van der Waals surface area contributed by atoms with Crippen molar-refractivity contribution in [1.82, 2.24) is 39.0 Å². The molecule has 8 aromatic carbocycles. The number of anilines is 2. The highest BCUT2D eigenvalue weighted by Crippen LogP contribution is 2.50. The molecule has 0 radical (unpaired) electrons. The van der Waals surface area contributed by atoms with Gasteiger partial charge in [0.05, 0.1) is 54.3 Å². The maximum Gasteiger partial charge on any atom is 0.256 e. The molecule has 0 unspecified atom stereocenters. The fourth-order valence-corrected chi connectivity index (χ4v) is 14.7. The number of halogens is 2. The molecule has 112 heavy (non-hydrogen) atoms. The van der Waals surface area contributed by atoms with Crippen LogP contribution < -0.4 is 29.6 Å². The summed E-state index contributed by atoms with van der Waals surface area (Å²) in [4.78, 5) is 52.9. The fourth-order valence-electron chi connectivity index (χ4n) is 13.7. The van der Waals surface area contributed by atoms with Crippen LogP contribution in [0.2, 0.25) is 18.1 Å².